The first kappa shape index (κ1) is 35.2. The van der Waals surface area contributed by atoms with E-state index >= 15 is 0 Å². The molecular weight excluding hydrogens is 589 g/mol. The molecule has 1 saturated heterocycles. The lowest BCUT2D eigenvalue weighted by molar-refractivity contribution is -0.192. The number of aliphatic hydroxyl groups is 3. The van der Waals surface area contributed by atoms with Crippen molar-refractivity contribution in [3.8, 4) is 0 Å². The number of carbonyl (C=O) groups excluding carboxylic acids is 1. The van der Waals surface area contributed by atoms with Crippen molar-refractivity contribution in [3.05, 3.63) is 6.33 Å². The maximum absolute atomic E-state index is 12.0. The zero-order valence-corrected chi connectivity index (χ0v) is 25.5. The van der Waals surface area contributed by atoms with Crippen LogP contribution >= 0.6 is 0 Å². The summed E-state index contributed by atoms with van der Waals surface area (Å²) >= 11 is 0. The second-order valence-electron chi connectivity index (χ2n) is 11.8. The van der Waals surface area contributed by atoms with Crippen LogP contribution in [0.2, 0.25) is 0 Å². The van der Waals surface area contributed by atoms with E-state index in [4.69, 9.17) is 19.9 Å². The number of nitrogens with zero attached hydrogens (tertiary/aromatic N) is 6. The monoisotopic (exact) mass is 632 g/mol. The van der Waals surface area contributed by atoms with Gasteiger partial charge in [0.25, 0.3) is 0 Å². The number of rotatable bonds is 10. The molecule has 44 heavy (non-hydrogen) atoms. The highest BCUT2D eigenvalue weighted by molar-refractivity contribution is 5.85. The summed E-state index contributed by atoms with van der Waals surface area (Å²) in [5.74, 6) is -1.45. The van der Waals surface area contributed by atoms with Crippen LogP contribution < -0.4 is 15.5 Å². The number of halogens is 3. The lowest BCUT2D eigenvalue weighted by atomic mass is 10.0. The van der Waals surface area contributed by atoms with Gasteiger partial charge in [0, 0.05) is 25.6 Å². The zero-order valence-electron chi connectivity index (χ0n) is 25.5. The van der Waals surface area contributed by atoms with Gasteiger partial charge in [0.1, 0.15) is 12.2 Å². The Morgan fingerprint density at radius 2 is 1.84 bits per heavy atom. The minimum atomic E-state index is -5.08. The van der Waals surface area contributed by atoms with E-state index in [0.29, 0.717) is 47.7 Å². The summed E-state index contributed by atoms with van der Waals surface area (Å²) in [6, 6.07) is -0.888. The van der Waals surface area contributed by atoms with Crippen LogP contribution in [-0.4, -0.2) is 127 Å². The fraction of sp³-hybridized carbons (Fsp3) is 0.741. The van der Waals surface area contributed by atoms with Crippen molar-refractivity contribution in [2.75, 3.05) is 44.0 Å². The number of hydrogen-bond donors (Lipinski definition) is 6. The number of hydrogen-bond acceptors (Lipinski definition) is 11. The van der Waals surface area contributed by atoms with E-state index in [9.17, 15) is 33.3 Å². The molecule has 6 N–H and O–H groups in total. The molecule has 0 bridgehead atoms. The molecule has 1 saturated carbocycles. The molecule has 2 aromatic rings. The normalized spacial score (nSPS) is 24.5. The number of amides is 1. The maximum Gasteiger partial charge on any atom is 0.490 e. The Kier molecular flexibility index (Phi) is 11.7. The summed E-state index contributed by atoms with van der Waals surface area (Å²) in [4.78, 5) is 39.5. The molecule has 6 atom stereocenters. The van der Waals surface area contributed by atoms with Crippen LogP contribution in [0.15, 0.2) is 6.33 Å². The van der Waals surface area contributed by atoms with Crippen LogP contribution in [0, 0.1) is 5.92 Å². The highest BCUT2D eigenvalue weighted by Crippen LogP contribution is 2.35. The Hall–Kier alpha value is -3.28. The molecule has 14 nitrogen and oxygen atoms in total. The second-order valence-corrected chi connectivity index (χ2v) is 11.8. The lowest BCUT2D eigenvalue weighted by Crippen LogP contribution is -2.42. The number of imidazole rings is 1. The first-order valence-electron chi connectivity index (χ1n) is 14.6. The average molecular weight is 633 g/mol. The number of carboxylic acids is 1. The summed E-state index contributed by atoms with van der Waals surface area (Å²) < 4.78 is 33.5. The fourth-order valence-corrected chi connectivity index (χ4v) is 5.41. The molecule has 248 valence electrons. The largest absolute Gasteiger partial charge is 0.490 e. The molecule has 0 spiro atoms. The van der Waals surface area contributed by atoms with Gasteiger partial charge in [-0.15, -0.1) is 0 Å². The summed E-state index contributed by atoms with van der Waals surface area (Å²) in [7, 11) is 4.14. The highest BCUT2D eigenvalue weighted by atomic mass is 19.4. The zero-order chi connectivity index (χ0) is 32.9. The van der Waals surface area contributed by atoms with Gasteiger partial charge in [0.05, 0.1) is 31.1 Å². The number of carboxylic acid groups (broad SMARTS) is 1. The van der Waals surface area contributed by atoms with Crippen molar-refractivity contribution in [1.82, 2.24) is 29.7 Å². The van der Waals surface area contributed by atoms with Crippen molar-refractivity contribution in [1.29, 1.82) is 0 Å². The minimum Gasteiger partial charge on any atom is -0.475 e. The van der Waals surface area contributed by atoms with Crippen molar-refractivity contribution >= 4 is 34.8 Å². The number of carbonyl (C=O) groups is 2. The van der Waals surface area contributed by atoms with E-state index in [1.165, 1.54) is 0 Å². The Bertz CT molecular complexity index is 1280. The van der Waals surface area contributed by atoms with E-state index in [1.54, 1.807) is 17.8 Å². The van der Waals surface area contributed by atoms with Gasteiger partial charge in [0.2, 0.25) is 11.9 Å². The third-order valence-electron chi connectivity index (χ3n) is 7.82. The van der Waals surface area contributed by atoms with Gasteiger partial charge in [-0.3, -0.25) is 4.79 Å². The molecule has 4 rings (SSSR count). The Morgan fingerprint density at radius 3 is 2.36 bits per heavy atom. The molecule has 1 aliphatic heterocycles. The Labute approximate surface area is 253 Å². The van der Waals surface area contributed by atoms with Crippen molar-refractivity contribution < 1.29 is 43.2 Å². The summed E-state index contributed by atoms with van der Waals surface area (Å²) in [6.45, 7) is 7.51. The molecule has 1 amide bonds. The lowest BCUT2D eigenvalue weighted by Gasteiger charge is -2.23. The average Bonchev–Trinajstić information content (AvgIpc) is 3.67. The predicted molar refractivity (Wildman–Crippen MR) is 155 cm³/mol. The number of fused-ring (bicyclic) bond motifs is 1. The van der Waals surface area contributed by atoms with Gasteiger partial charge in [0.15, 0.2) is 17.0 Å². The van der Waals surface area contributed by atoms with Crippen molar-refractivity contribution in [2.45, 2.75) is 89.0 Å². The molecular formula is C27H43F3N8O6. The minimum absolute atomic E-state index is 0.0432. The summed E-state index contributed by atoms with van der Waals surface area (Å²) in [6.07, 6.45) is -3.25. The number of aromatic nitrogens is 4. The molecule has 0 aromatic carbocycles. The van der Waals surface area contributed by atoms with Crippen LogP contribution in [0.1, 0.15) is 52.5 Å². The first-order valence-corrected chi connectivity index (χ1v) is 14.6. The predicted octanol–water partition coefficient (Wildman–Crippen LogP) is 0.980. The van der Waals surface area contributed by atoms with Crippen LogP contribution in [0.25, 0.3) is 11.2 Å². The smallest absolute Gasteiger partial charge is 0.475 e. The Morgan fingerprint density at radius 1 is 1.18 bits per heavy atom. The van der Waals surface area contributed by atoms with Gasteiger partial charge >= 0.3 is 12.1 Å². The molecule has 3 heterocycles. The third-order valence-corrected chi connectivity index (χ3v) is 7.82. The first-order chi connectivity index (χ1) is 20.6. The van der Waals surface area contributed by atoms with Crippen LogP contribution in [0.3, 0.4) is 0 Å². The van der Waals surface area contributed by atoms with E-state index in [-0.39, 0.29) is 18.6 Å². The molecule has 2 aromatic heterocycles. The van der Waals surface area contributed by atoms with Crippen molar-refractivity contribution in [3.63, 3.8) is 0 Å². The third kappa shape index (κ3) is 8.46. The van der Waals surface area contributed by atoms with Gasteiger partial charge in [-0.05, 0) is 39.3 Å². The SMILES string of the molecule is CCC(=O)NC1C[C@@H](n2cnc3c(N[C@H](CO)CC(C)C)nc(N4CC[C@@H](N(C)C)C4)nc32)[C@H](O)[C@@H]1O.O=C(O)C(F)(F)F. The molecule has 2 aliphatic rings. The molecule has 1 aliphatic carbocycles. The van der Waals surface area contributed by atoms with Crippen molar-refractivity contribution in [2.24, 2.45) is 5.92 Å². The Balaban J connectivity index is 0.000000676. The van der Waals surface area contributed by atoms with E-state index < -0.39 is 36.4 Å². The van der Waals surface area contributed by atoms with Gasteiger partial charge in [-0.2, -0.15) is 23.1 Å². The fourth-order valence-electron chi connectivity index (χ4n) is 5.41. The summed E-state index contributed by atoms with van der Waals surface area (Å²) in [5, 5.41) is 44.9. The quantitative estimate of drug-likeness (QED) is 0.218. The molecule has 1 unspecified atom stereocenters. The van der Waals surface area contributed by atoms with Gasteiger partial charge in [-0.25, -0.2) is 9.78 Å². The number of aliphatic hydroxyl groups excluding tert-OH is 3. The van der Waals surface area contributed by atoms with Gasteiger partial charge < -0.3 is 45.4 Å². The standard InChI is InChI=1S/C25H42N8O4.C2HF3O2/c1-6-19(35)28-17-10-18(22(37)21(17)36)33-13-26-20-23(27-15(12-34)9-14(2)3)29-25(30-24(20)33)32-8-7-16(11-32)31(4)5;3-2(4,5)1(6)7/h13-18,21-22,34,36-37H,6-12H2,1-5H3,(H,28,35)(H,27,29,30);(H,6,7)/t15-,16+,17?,18+,21+,22-;/m0./s1. The summed E-state index contributed by atoms with van der Waals surface area (Å²) in [5.41, 5.74) is 1.08. The number of aliphatic carboxylic acids is 1. The van der Waals surface area contributed by atoms with Crippen LogP contribution in [0.5, 0.6) is 0 Å². The van der Waals surface area contributed by atoms with E-state index in [2.05, 4.69) is 53.4 Å². The molecule has 0 radical (unpaired) electrons. The highest BCUT2D eigenvalue weighted by Gasteiger charge is 2.44. The second kappa shape index (κ2) is 14.7. The number of likely N-dealkylation sites (N-methyl/N-ethyl adjacent to an activating group) is 1. The van der Waals surface area contributed by atoms with E-state index in [1.807, 2.05) is 0 Å². The number of alkyl halides is 3. The van der Waals surface area contributed by atoms with Crippen LogP contribution in [-0.2, 0) is 9.59 Å². The topological polar surface area (TPSA) is 189 Å². The van der Waals surface area contributed by atoms with Crippen LogP contribution in [0.4, 0.5) is 24.9 Å². The molecule has 2 fully saturated rings. The number of anilines is 2. The maximum atomic E-state index is 12.0. The van der Waals surface area contributed by atoms with E-state index in [0.717, 1.165) is 25.9 Å². The number of nitrogens with one attached hydrogen (secondary N) is 2. The molecule has 17 heteroatoms. The van der Waals surface area contributed by atoms with Gasteiger partial charge in [-0.1, -0.05) is 20.8 Å².